The summed E-state index contributed by atoms with van der Waals surface area (Å²) >= 11 is 6.19. The van der Waals surface area contributed by atoms with Crippen LogP contribution in [0, 0.1) is 0 Å². The number of rotatable bonds is 6. The molecular formula is C20H25Cl2NO2. The fourth-order valence-corrected chi connectivity index (χ4v) is 3.70. The molecule has 1 heterocycles. The summed E-state index contributed by atoms with van der Waals surface area (Å²) < 4.78 is 11.2. The lowest BCUT2D eigenvalue weighted by molar-refractivity contribution is 0.256. The van der Waals surface area contributed by atoms with Crippen molar-refractivity contribution in [2.45, 2.75) is 24.7 Å². The van der Waals surface area contributed by atoms with Crippen molar-refractivity contribution < 1.29 is 9.47 Å². The van der Waals surface area contributed by atoms with Gasteiger partial charge in [-0.15, -0.1) is 12.4 Å². The average Bonchev–Trinajstić information content (AvgIpc) is 2.61. The van der Waals surface area contributed by atoms with Gasteiger partial charge in [0.1, 0.15) is 11.5 Å². The molecule has 0 fully saturated rings. The lowest BCUT2D eigenvalue weighted by Gasteiger charge is -2.29. The van der Waals surface area contributed by atoms with Gasteiger partial charge in [0.05, 0.1) is 13.7 Å². The van der Waals surface area contributed by atoms with Gasteiger partial charge in [-0.05, 0) is 61.1 Å². The van der Waals surface area contributed by atoms with Gasteiger partial charge in [-0.25, -0.2) is 0 Å². The zero-order valence-electron chi connectivity index (χ0n) is 14.6. The van der Waals surface area contributed by atoms with E-state index in [1.54, 1.807) is 7.11 Å². The molecule has 3 nitrogen and oxygen atoms in total. The van der Waals surface area contributed by atoms with Crippen LogP contribution in [-0.2, 0) is 0 Å². The molecule has 2 unspecified atom stereocenters. The fraction of sp³-hybridized carbons (Fsp3) is 0.400. The Morgan fingerprint density at radius 1 is 1.28 bits per heavy atom. The van der Waals surface area contributed by atoms with Crippen LogP contribution in [-0.4, -0.2) is 27.3 Å². The van der Waals surface area contributed by atoms with E-state index in [0.717, 1.165) is 42.5 Å². The van der Waals surface area contributed by atoms with Crippen molar-refractivity contribution in [1.29, 1.82) is 0 Å². The van der Waals surface area contributed by atoms with Gasteiger partial charge in [0.15, 0.2) is 0 Å². The first kappa shape index (κ1) is 19.9. The molecule has 3 rings (SSSR count). The van der Waals surface area contributed by atoms with Crippen LogP contribution >= 0.6 is 24.0 Å². The molecule has 2 aromatic rings. The highest BCUT2D eigenvalue weighted by molar-refractivity contribution is 6.30. The lowest BCUT2D eigenvalue weighted by Crippen LogP contribution is -2.22. The monoisotopic (exact) mass is 381 g/mol. The van der Waals surface area contributed by atoms with E-state index in [0.29, 0.717) is 11.8 Å². The van der Waals surface area contributed by atoms with Gasteiger partial charge in [0.2, 0.25) is 0 Å². The molecule has 0 saturated heterocycles. The number of nitrogens with one attached hydrogen (secondary N) is 1. The van der Waals surface area contributed by atoms with Crippen molar-refractivity contribution in [1.82, 2.24) is 5.32 Å². The van der Waals surface area contributed by atoms with Gasteiger partial charge in [-0.3, -0.25) is 0 Å². The van der Waals surface area contributed by atoms with Crippen molar-refractivity contribution in [3.63, 3.8) is 0 Å². The number of benzene rings is 2. The summed E-state index contributed by atoms with van der Waals surface area (Å²) in [7, 11) is 3.68. The second-order valence-corrected chi connectivity index (χ2v) is 6.72. The highest BCUT2D eigenvalue weighted by Gasteiger charge is 2.25. The quantitative estimate of drug-likeness (QED) is 0.760. The maximum absolute atomic E-state index is 6.19. The van der Waals surface area contributed by atoms with Crippen molar-refractivity contribution in [2.75, 3.05) is 27.3 Å². The summed E-state index contributed by atoms with van der Waals surface area (Å²) in [5.74, 6) is 2.71. The normalized spacial score (nSPS) is 17.0. The molecule has 0 aromatic heterocycles. The van der Waals surface area contributed by atoms with Crippen LogP contribution in [0.2, 0.25) is 5.02 Å². The van der Waals surface area contributed by atoms with Gasteiger partial charge in [0.25, 0.3) is 0 Å². The van der Waals surface area contributed by atoms with Crippen LogP contribution in [0.3, 0.4) is 0 Å². The highest BCUT2D eigenvalue weighted by atomic mass is 35.5. The number of hydrogen-bond donors (Lipinski definition) is 1. The van der Waals surface area contributed by atoms with E-state index in [1.165, 1.54) is 11.1 Å². The highest BCUT2D eigenvalue weighted by Crippen LogP contribution is 2.41. The maximum Gasteiger partial charge on any atom is 0.126 e. The summed E-state index contributed by atoms with van der Waals surface area (Å²) in [6, 6.07) is 14.4. The van der Waals surface area contributed by atoms with Gasteiger partial charge in [0, 0.05) is 17.6 Å². The van der Waals surface area contributed by atoms with Crippen LogP contribution in [0.4, 0.5) is 0 Å². The van der Waals surface area contributed by atoms with Crippen LogP contribution < -0.4 is 14.8 Å². The Morgan fingerprint density at radius 2 is 2.12 bits per heavy atom. The van der Waals surface area contributed by atoms with Crippen molar-refractivity contribution >= 4 is 24.0 Å². The van der Waals surface area contributed by atoms with Crippen LogP contribution in [0.5, 0.6) is 11.5 Å². The Kier molecular flexibility index (Phi) is 7.42. The van der Waals surface area contributed by atoms with Gasteiger partial charge < -0.3 is 14.8 Å². The van der Waals surface area contributed by atoms with E-state index in [1.807, 2.05) is 31.3 Å². The molecule has 2 aromatic carbocycles. The molecule has 1 aliphatic rings. The predicted octanol–water partition coefficient (Wildman–Crippen LogP) is 5.03. The van der Waals surface area contributed by atoms with Gasteiger partial charge in [-0.2, -0.15) is 0 Å². The zero-order chi connectivity index (χ0) is 16.9. The summed E-state index contributed by atoms with van der Waals surface area (Å²) in [6.45, 7) is 1.69. The minimum absolute atomic E-state index is 0. The minimum atomic E-state index is 0. The molecule has 5 heteroatoms. The first-order chi connectivity index (χ1) is 11.7. The summed E-state index contributed by atoms with van der Waals surface area (Å²) in [5.41, 5.74) is 2.57. The Bertz CT molecular complexity index is 693. The smallest absolute Gasteiger partial charge is 0.126 e. The van der Waals surface area contributed by atoms with Gasteiger partial charge >= 0.3 is 0 Å². The first-order valence-electron chi connectivity index (χ1n) is 8.42. The van der Waals surface area contributed by atoms with Crippen molar-refractivity contribution in [3.8, 4) is 11.5 Å². The molecule has 1 aliphatic heterocycles. The molecule has 0 spiro atoms. The third kappa shape index (κ3) is 4.81. The zero-order valence-corrected chi connectivity index (χ0v) is 16.2. The fourth-order valence-electron chi connectivity index (χ4n) is 3.50. The molecule has 0 aliphatic carbocycles. The van der Waals surface area contributed by atoms with Crippen molar-refractivity contribution in [3.05, 3.63) is 58.6 Å². The minimum Gasteiger partial charge on any atom is -0.497 e. The number of likely N-dealkylation sites (N-methyl/N-ethyl adjacent to an activating group) is 1. The summed E-state index contributed by atoms with van der Waals surface area (Å²) in [5, 5.41) is 4.12. The molecule has 2 atom stereocenters. The molecule has 25 heavy (non-hydrogen) atoms. The van der Waals surface area contributed by atoms with E-state index in [-0.39, 0.29) is 12.4 Å². The van der Waals surface area contributed by atoms with E-state index >= 15 is 0 Å². The Labute approximate surface area is 161 Å². The van der Waals surface area contributed by atoms with E-state index < -0.39 is 0 Å². The third-order valence-corrected chi connectivity index (χ3v) is 4.96. The largest absolute Gasteiger partial charge is 0.497 e. The topological polar surface area (TPSA) is 30.5 Å². The summed E-state index contributed by atoms with van der Waals surface area (Å²) in [4.78, 5) is 0. The van der Waals surface area contributed by atoms with Crippen LogP contribution in [0.15, 0.2) is 42.5 Å². The molecule has 0 saturated carbocycles. The summed E-state index contributed by atoms with van der Waals surface area (Å²) in [6.07, 6.45) is 2.12. The Morgan fingerprint density at radius 3 is 2.84 bits per heavy atom. The molecule has 0 amide bonds. The van der Waals surface area contributed by atoms with Crippen LogP contribution in [0.25, 0.3) is 0 Å². The van der Waals surface area contributed by atoms with E-state index in [2.05, 4.69) is 23.5 Å². The third-order valence-electron chi connectivity index (χ3n) is 4.72. The molecular weight excluding hydrogens is 357 g/mol. The first-order valence-corrected chi connectivity index (χ1v) is 8.80. The number of fused-ring (bicyclic) bond motifs is 1. The Hall–Kier alpha value is -1.42. The Balaban J connectivity index is 0.00000225. The number of halogens is 2. The predicted molar refractivity (Wildman–Crippen MR) is 106 cm³/mol. The standard InChI is InChI=1S/C20H24ClNO2.ClH/c1-22-13-16(14-4-3-5-17(21)11-14)10-15-8-9-24-20-12-18(23-2)6-7-19(15)20;/h3-7,11-12,15-16,22H,8-10,13H2,1-2H3;1H. The molecule has 0 radical (unpaired) electrons. The second kappa shape index (κ2) is 9.33. The van der Waals surface area contributed by atoms with Gasteiger partial charge in [-0.1, -0.05) is 29.8 Å². The lowest BCUT2D eigenvalue weighted by atomic mass is 9.82. The molecule has 1 N–H and O–H groups in total. The van der Waals surface area contributed by atoms with E-state index in [9.17, 15) is 0 Å². The number of hydrogen-bond acceptors (Lipinski definition) is 3. The van der Waals surface area contributed by atoms with Crippen molar-refractivity contribution in [2.24, 2.45) is 0 Å². The van der Waals surface area contributed by atoms with E-state index in [4.69, 9.17) is 21.1 Å². The average molecular weight is 382 g/mol. The van der Waals surface area contributed by atoms with Crippen LogP contribution in [0.1, 0.15) is 35.8 Å². The molecule has 136 valence electrons. The number of ether oxygens (including phenoxy) is 2. The molecule has 0 bridgehead atoms. The second-order valence-electron chi connectivity index (χ2n) is 6.28. The SMILES string of the molecule is CNCC(CC1CCOc2cc(OC)ccc21)c1cccc(Cl)c1.Cl. The maximum atomic E-state index is 6.19. The number of methoxy groups -OCH3 is 1.